The van der Waals surface area contributed by atoms with E-state index < -0.39 is 70.3 Å². The minimum atomic E-state index is -6.67. The number of hydrogen-bond donors (Lipinski definition) is 2. The summed E-state index contributed by atoms with van der Waals surface area (Å²) in [6.45, 7) is -3.90. The molecule has 0 heterocycles. The van der Waals surface area contributed by atoms with Gasteiger partial charge in [-0.2, -0.15) is 56.7 Å². The first-order valence-corrected chi connectivity index (χ1v) is 8.21. The molecule has 0 aliphatic rings. The van der Waals surface area contributed by atoms with Gasteiger partial charge in [0.25, 0.3) is 0 Å². The SMILES string of the molecule is C=C(C(=O)OC(OCC(F)(F)S(=O)(=O)O)(C(=O)NCC(F)(F)F)C(F)(F)F)C(F)(F)F. The van der Waals surface area contributed by atoms with E-state index in [4.69, 9.17) is 4.55 Å². The summed E-state index contributed by atoms with van der Waals surface area (Å²) in [4.78, 5) is 22.9. The Hall–Kier alpha value is -2.22. The second-order valence-corrected chi connectivity index (χ2v) is 6.73. The van der Waals surface area contributed by atoms with Gasteiger partial charge in [-0.15, -0.1) is 0 Å². The molecule has 20 heteroatoms. The van der Waals surface area contributed by atoms with Crippen LogP contribution in [-0.4, -0.2) is 67.6 Å². The monoisotopic (exact) mass is 507 g/mol. The van der Waals surface area contributed by atoms with Crippen LogP contribution in [0.3, 0.4) is 0 Å². The van der Waals surface area contributed by atoms with Crippen molar-refractivity contribution in [1.82, 2.24) is 5.32 Å². The van der Waals surface area contributed by atoms with Crippen LogP contribution in [0.15, 0.2) is 12.2 Å². The number of nitrogens with one attached hydrogen (secondary N) is 1. The molecule has 0 saturated carbocycles. The van der Waals surface area contributed by atoms with E-state index in [1.54, 1.807) is 0 Å². The summed E-state index contributed by atoms with van der Waals surface area (Å²) in [6, 6.07) is 0. The quantitative estimate of drug-likeness (QED) is 0.170. The summed E-state index contributed by atoms with van der Waals surface area (Å²) < 4.78 is 175. The first kappa shape index (κ1) is 28.8. The van der Waals surface area contributed by atoms with E-state index in [9.17, 15) is 66.3 Å². The van der Waals surface area contributed by atoms with Crippen molar-refractivity contribution in [3.05, 3.63) is 12.2 Å². The normalized spacial score (nSPS) is 15.7. The van der Waals surface area contributed by atoms with Crippen LogP contribution in [0.1, 0.15) is 0 Å². The third kappa shape index (κ3) is 7.45. The van der Waals surface area contributed by atoms with Gasteiger partial charge in [0.2, 0.25) is 0 Å². The first-order valence-electron chi connectivity index (χ1n) is 6.77. The van der Waals surface area contributed by atoms with Gasteiger partial charge >= 0.3 is 51.6 Å². The van der Waals surface area contributed by atoms with E-state index >= 15 is 0 Å². The smallest absolute Gasteiger partial charge is 0.412 e. The Morgan fingerprint density at radius 2 is 1.39 bits per heavy atom. The third-order valence-corrected chi connectivity index (χ3v) is 3.64. The topological polar surface area (TPSA) is 119 Å². The van der Waals surface area contributed by atoms with E-state index in [1.807, 2.05) is 6.58 Å². The zero-order valence-electron chi connectivity index (χ0n) is 14.1. The minimum absolute atomic E-state index is 0.374. The standard InChI is InChI=1S/C11H8F11NO7S/c1-4(10(17,18)19)5(24)30-9(11(20,21)22,6(25)23-2-7(12,13)14)29-3-8(15,16)31(26,27)28/h1-3H2,(H,23,25)(H,26,27,28). The number of halogens is 11. The molecule has 0 aliphatic heterocycles. The molecule has 0 fully saturated rings. The zero-order chi connectivity index (χ0) is 25.3. The van der Waals surface area contributed by atoms with Crippen molar-refractivity contribution in [3.63, 3.8) is 0 Å². The molecule has 0 saturated heterocycles. The molecule has 0 aliphatic carbocycles. The van der Waals surface area contributed by atoms with Gasteiger partial charge in [-0.05, 0) is 0 Å². The molecule has 182 valence electrons. The van der Waals surface area contributed by atoms with Crippen LogP contribution in [0.25, 0.3) is 0 Å². The number of alkyl halides is 11. The highest BCUT2D eigenvalue weighted by Crippen LogP contribution is 2.39. The number of esters is 1. The summed E-state index contributed by atoms with van der Waals surface area (Å²) >= 11 is 0. The molecular formula is C11H8F11NO7S. The molecule has 1 atom stereocenters. The number of amides is 1. The second kappa shape index (κ2) is 8.73. The lowest BCUT2D eigenvalue weighted by Gasteiger charge is -2.34. The number of rotatable bonds is 8. The predicted octanol–water partition coefficient (Wildman–Crippen LogP) is 2.08. The molecule has 1 unspecified atom stereocenters. The summed E-state index contributed by atoms with van der Waals surface area (Å²) in [5.74, 6) is -12.1. The van der Waals surface area contributed by atoms with Gasteiger partial charge in [0.1, 0.15) is 18.7 Å². The first-order chi connectivity index (χ1) is 13.4. The molecule has 0 aromatic carbocycles. The fourth-order valence-electron chi connectivity index (χ4n) is 1.27. The van der Waals surface area contributed by atoms with E-state index in [0.29, 0.717) is 5.32 Å². The maximum absolute atomic E-state index is 13.3. The molecule has 0 aromatic heterocycles. The summed E-state index contributed by atoms with van der Waals surface area (Å²) in [5.41, 5.74) is -2.78. The van der Waals surface area contributed by atoms with Gasteiger partial charge in [-0.1, -0.05) is 6.58 Å². The van der Waals surface area contributed by atoms with Crippen LogP contribution in [0.4, 0.5) is 48.3 Å². The van der Waals surface area contributed by atoms with Crippen LogP contribution in [-0.2, 0) is 29.2 Å². The number of carbonyl (C=O) groups excluding carboxylic acids is 2. The van der Waals surface area contributed by atoms with E-state index in [1.165, 1.54) is 0 Å². The highest BCUT2D eigenvalue weighted by Gasteiger charge is 2.68. The highest BCUT2D eigenvalue weighted by atomic mass is 32.2. The fraction of sp³-hybridized carbons (Fsp3) is 0.636. The Morgan fingerprint density at radius 1 is 0.935 bits per heavy atom. The van der Waals surface area contributed by atoms with Crippen molar-refractivity contribution < 1.29 is 80.3 Å². The Morgan fingerprint density at radius 3 is 1.71 bits per heavy atom. The van der Waals surface area contributed by atoms with Gasteiger partial charge in [0, 0.05) is 0 Å². The molecule has 8 nitrogen and oxygen atoms in total. The lowest BCUT2D eigenvalue weighted by Crippen LogP contribution is -2.63. The zero-order valence-corrected chi connectivity index (χ0v) is 14.9. The Bertz CT molecular complexity index is 815. The van der Waals surface area contributed by atoms with Gasteiger partial charge in [0.05, 0.1) is 0 Å². The Labute approximate surface area is 163 Å². The molecule has 2 N–H and O–H groups in total. The van der Waals surface area contributed by atoms with Crippen molar-refractivity contribution in [2.45, 2.75) is 29.6 Å². The molecule has 0 aromatic rings. The third-order valence-electron chi connectivity index (χ3n) is 2.77. The van der Waals surface area contributed by atoms with Crippen molar-refractivity contribution in [1.29, 1.82) is 0 Å². The van der Waals surface area contributed by atoms with Crippen LogP contribution >= 0.6 is 0 Å². The number of hydrogen-bond acceptors (Lipinski definition) is 6. The molecule has 0 spiro atoms. The highest BCUT2D eigenvalue weighted by molar-refractivity contribution is 7.86. The van der Waals surface area contributed by atoms with Crippen LogP contribution in [0.5, 0.6) is 0 Å². The maximum atomic E-state index is 13.3. The van der Waals surface area contributed by atoms with Crippen LogP contribution in [0.2, 0.25) is 0 Å². The van der Waals surface area contributed by atoms with Gasteiger partial charge < -0.3 is 14.8 Å². The summed E-state index contributed by atoms with van der Waals surface area (Å²) in [6.07, 6.45) is -18.0. The molecule has 31 heavy (non-hydrogen) atoms. The van der Waals surface area contributed by atoms with Gasteiger partial charge in [-0.25, -0.2) is 4.79 Å². The lowest BCUT2D eigenvalue weighted by atomic mass is 10.2. The summed E-state index contributed by atoms with van der Waals surface area (Å²) in [7, 11) is -6.57. The Balaban J connectivity index is 6.39. The van der Waals surface area contributed by atoms with Crippen LogP contribution < -0.4 is 5.32 Å². The van der Waals surface area contributed by atoms with Gasteiger partial charge in [-0.3, -0.25) is 9.35 Å². The van der Waals surface area contributed by atoms with Gasteiger partial charge in [0.15, 0.2) is 0 Å². The van der Waals surface area contributed by atoms with E-state index in [-0.39, 0.29) is 0 Å². The van der Waals surface area contributed by atoms with Crippen molar-refractivity contribution in [2.24, 2.45) is 0 Å². The average Bonchev–Trinajstić information content (AvgIpc) is 2.51. The molecule has 1 amide bonds. The molecule has 0 rings (SSSR count). The summed E-state index contributed by atoms with van der Waals surface area (Å²) in [5, 5.41) is -5.32. The lowest BCUT2D eigenvalue weighted by molar-refractivity contribution is -0.353. The fourth-order valence-corrected chi connectivity index (χ4v) is 1.48. The number of ether oxygens (including phenoxy) is 2. The van der Waals surface area contributed by atoms with Crippen LogP contribution in [0, 0.1) is 0 Å². The second-order valence-electron chi connectivity index (χ2n) is 5.18. The maximum Gasteiger partial charge on any atom is 0.466 e. The molecule has 0 bridgehead atoms. The molecular weight excluding hydrogens is 499 g/mol. The van der Waals surface area contributed by atoms with Crippen molar-refractivity contribution in [3.8, 4) is 0 Å². The van der Waals surface area contributed by atoms with E-state index in [0.717, 1.165) is 0 Å². The largest absolute Gasteiger partial charge is 0.466 e. The van der Waals surface area contributed by atoms with Crippen molar-refractivity contribution in [2.75, 3.05) is 13.2 Å². The van der Waals surface area contributed by atoms with Crippen molar-refractivity contribution >= 4 is 22.0 Å². The molecule has 0 radical (unpaired) electrons. The number of carbonyl (C=O) groups is 2. The predicted molar refractivity (Wildman–Crippen MR) is 71.6 cm³/mol. The van der Waals surface area contributed by atoms with E-state index in [2.05, 4.69) is 9.47 Å². The minimum Gasteiger partial charge on any atom is -0.412 e. The average molecular weight is 507 g/mol. The Kier molecular flexibility index (Phi) is 8.10.